The Morgan fingerprint density at radius 3 is 2.75 bits per heavy atom. The minimum Gasteiger partial charge on any atom is -0.496 e. The van der Waals surface area contributed by atoms with Crippen LogP contribution >= 0.6 is 11.6 Å². The Morgan fingerprint density at radius 2 is 1.91 bits per heavy atom. The molecule has 0 saturated heterocycles. The molecule has 0 bridgehead atoms. The summed E-state index contributed by atoms with van der Waals surface area (Å²) in [6, 6.07) is 22.0. The zero-order chi connectivity index (χ0) is 22.3. The molecule has 0 spiro atoms. The molecule has 1 amide bonds. The number of amides is 1. The summed E-state index contributed by atoms with van der Waals surface area (Å²) in [6.45, 7) is 0.284. The lowest BCUT2D eigenvalue weighted by Gasteiger charge is -2.12. The van der Waals surface area contributed by atoms with Gasteiger partial charge in [-0.1, -0.05) is 41.9 Å². The summed E-state index contributed by atoms with van der Waals surface area (Å²) in [7, 11) is 1.61. The number of hydrogen-bond acceptors (Lipinski definition) is 5. The number of carbonyl (C=O) groups is 1. The third-order valence-electron chi connectivity index (χ3n) is 4.78. The molecule has 1 heterocycles. The SMILES string of the molecule is COc1ccc(/C=N\NC(=O)c2ccccc2Cl)cc1COc1cccc2cccnc12. The summed E-state index contributed by atoms with van der Waals surface area (Å²) in [5.74, 6) is 0.999. The molecular weight excluding hydrogens is 426 g/mol. The Kier molecular flexibility index (Phi) is 6.63. The minimum absolute atomic E-state index is 0.284. The van der Waals surface area contributed by atoms with E-state index in [0.29, 0.717) is 22.1 Å². The molecule has 0 aliphatic rings. The van der Waals surface area contributed by atoms with E-state index in [2.05, 4.69) is 15.5 Å². The first-order chi connectivity index (χ1) is 15.7. The molecule has 0 saturated carbocycles. The van der Waals surface area contributed by atoms with E-state index < -0.39 is 0 Å². The number of rotatable bonds is 7. The first-order valence-electron chi connectivity index (χ1n) is 9.87. The fourth-order valence-corrected chi connectivity index (χ4v) is 3.43. The minimum atomic E-state index is -0.382. The molecule has 1 aromatic heterocycles. The topological polar surface area (TPSA) is 72.8 Å². The lowest BCUT2D eigenvalue weighted by molar-refractivity contribution is 0.0955. The van der Waals surface area contributed by atoms with Crippen LogP contribution in [0.2, 0.25) is 5.02 Å². The van der Waals surface area contributed by atoms with Crippen molar-refractivity contribution in [3.05, 3.63) is 101 Å². The van der Waals surface area contributed by atoms with Gasteiger partial charge in [0.1, 0.15) is 23.6 Å². The van der Waals surface area contributed by atoms with E-state index in [1.807, 2.05) is 48.5 Å². The van der Waals surface area contributed by atoms with Crippen molar-refractivity contribution in [3.63, 3.8) is 0 Å². The second kappa shape index (κ2) is 9.94. The third-order valence-corrected chi connectivity index (χ3v) is 5.11. The molecule has 0 aliphatic heterocycles. The quantitative estimate of drug-likeness (QED) is 0.312. The molecule has 4 rings (SSSR count). The van der Waals surface area contributed by atoms with Crippen molar-refractivity contribution in [3.8, 4) is 11.5 Å². The predicted octanol–water partition coefficient (Wildman–Crippen LogP) is 5.24. The van der Waals surface area contributed by atoms with Crippen LogP contribution in [0.5, 0.6) is 11.5 Å². The van der Waals surface area contributed by atoms with E-state index in [1.165, 1.54) is 0 Å². The number of para-hydroxylation sites is 1. The predicted molar refractivity (Wildman–Crippen MR) is 126 cm³/mol. The first-order valence-corrected chi connectivity index (χ1v) is 10.2. The Morgan fingerprint density at radius 1 is 1.06 bits per heavy atom. The van der Waals surface area contributed by atoms with Crippen molar-refractivity contribution in [1.82, 2.24) is 10.4 Å². The highest BCUT2D eigenvalue weighted by molar-refractivity contribution is 6.33. The summed E-state index contributed by atoms with van der Waals surface area (Å²) >= 11 is 6.05. The van der Waals surface area contributed by atoms with Crippen molar-refractivity contribution in [1.29, 1.82) is 0 Å². The van der Waals surface area contributed by atoms with Crippen LogP contribution in [0.1, 0.15) is 21.5 Å². The number of benzene rings is 3. The van der Waals surface area contributed by atoms with Crippen molar-refractivity contribution in [2.24, 2.45) is 5.10 Å². The van der Waals surface area contributed by atoms with Gasteiger partial charge in [0.15, 0.2) is 0 Å². The van der Waals surface area contributed by atoms with Crippen molar-refractivity contribution in [2.75, 3.05) is 7.11 Å². The summed E-state index contributed by atoms with van der Waals surface area (Å²) in [5, 5.41) is 5.41. The highest BCUT2D eigenvalue weighted by Crippen LogP contribution is 2.26. The number of hydrazone groups is 1. The molecule has 6 nitrogen and oxygen atoms in total. The Labute approximate surface area is 190 Å². The maximum Gasteiger partial charge on any atom is 0.272 e. The number of hydrogen-bond donors (Lipinski definition) is 1. The van der Waals surface area contributed by atoms with Crippen LogP contribution in [0.4, 0.5) is 0 Å². The molecule has 160 valence electrons. The van der Waals surface area contributed by atoms with E-state index in [9.17, 15) is 4.79 Å². The van der Waals surface area contributed by atoms with Gasteiger partial charge in [-0.25, -0.2) is 5.43 Å². The maximum absolute atomic E-state index is 12.2. The number of halogens is 1. The van der Waals surface area contributed by atoms with Gasteiger partial charge in [0.25, 0.3) is 5.91 Å². The van der Waals surface area contributed by atoms with Crippen LogP contribution < -0.4 is 14.9 Å². The van der Waals surface area contributed by atoms with Crippen LogP contribution in [-0.2, 0) is 6.61 Å². The number of nitrogens with one attached hydrogen (secondary N) is 1. The van der Waals surface area contributed by atoms with Crippen molar-refractivity contribution >= 4 is 34.6 Å². The zero-order valence-electron chi connectivity index (χ0n) is 17.3. The second-order valence-electron chi connectivity index (χ2n) is 6.87. The van der Waals surface area contributed by atoms with Crippen LogP contribution in [0.25, 0.3) is 10.9 Å². The molecule has 0 unspecified atom stereocenters. The lowest BCUT2D eigenvalue weighted by atomic mass is 10.1. The number of nitrogens with zero attached hydrogens (tertiary/aromatic N) is 2. The van der Waals surface area contributed by atoms with E-state index in [0.717, 1.165) is 22.0 Å². The molecule has 7 heteroatoms. The monoisotopic (exact) mass is 445 g/mol. The van der Waals surface area contributed by atoms with Crippen LogP contribution in [0.3, 0.4) is 0 Å². The van der Waals surface area contributed by atoms with Gasteiger partial charge >= 0.3 is 0 Å². The number of pyridine rings is 1. The van der Waals surface area contributed by atoms with Crippen molar-refractivity contribution in [2.45, 2.75) is 6.61 Å². The van der Waals surface area contributed by atoms with Crippen molar-refractivity contribution < 1.29 is 14.3 Å². The number of fused-ring (bicyclic) bond motifs is 1. The Hall–Kier alpha value is -3.90. The average Bonchev–Trinajstić information content (AvgIpc) is 2.83. The summed E-state index contributed by atoms with van der Waals surface area (Å²) in [6.07, 6.45) is 3.29. The first kappa shape index (κ1) is 21.3. The Balaban J connectivity index is 1.48. The highest BCUT2D eigenvalue weighted by atomic mass is 35.5. The van der Waals surface area contributed by atoms with Crippen LogP contribution in [0.15, 0.2) is 84.1 Å². The van der Waals surface area contributed by atoms with Gasteiger partial charge in [-0.3, -0.25) is 9.78 Å². The number of ether oxygens (including phenoxy) is 2. The molecule has 4 aromatic rings. The fourth-order valence-electron chi connectivity index (χ4n) is 3.21. The van der Waals surface area contributed by atoms with Gasteiger partial charge in [0.2, 0.25) is 0 Å². The van der Waals surface area contributed by atoms with E-state index in [4.69, 9.17) is 21.1 Å². The molecular formula is C25H20ClN3O3. The molecule has 32 heavy (non-hydrogen) atoms. The number of carbonyl (C=O) groups excluding carboxylic acids is 1. The molecule has 0 atom stereocenters. The molecule has 3 aromatic carbocycles. The molecule has 0 radical (unpaired) electrons. The standard InChI is InChI=1S/C25H20ClN3O3/c1-31-22-12-11-17(15-28-29-25(30)20-8-2-3-9-21(20)26)14-19(22)16-32-23-10-4-6-18-7-5-13-27-24(18)23/h2-15H,16H2,1H3,(H,29,30)/b28-15-. The second-order valence-corrected chi connectivity index (χ2v) is 7.28. The van der Waals surface area contributed by atoms with Gasteiger partial charge < -0.3 is 9.47 Å². The maximum atomic E-state index is 12.2. The van der Waals surface area contributed by atoms with Crippen LogP contribution in [-0.4, -0.2) is 24.2 Å². The number of aromatic nitrogens is 1. The Bertz CT molecular complexity index is 1290. The van der Waals surface area contributed by atoms with E-state index in [-0.39, 0.29) is 12.5 Å². The largest absolute Gasteiger partial charge is 0.496 e. The third kappa shape index (κ3) is 4.87. The van der Waals surface area contributed by atoms with Gasteiger partial charge in [0.05, 0.1) is 23.9 Å². The van der Waals surface area contributed by atoms with E-state index in [1.54, 1.807) is 43.8 Å². The fraction of sp³-hybridized carbons (Fsp3) is 0.0800. The van der Waals surface area contributed by atoms with Crippen LogP contribution in [0, 0.1) is 0 Å². The number of methoxy groups -OCH3 is 1. The average molecular weight is 446 g/mol. The molecule has 0 aliphatic carbocycles. The smallest absolute Gasteiger partial charge is 0.272 e. The summed E-state index contributed by atoms with van der Waals surface area (Å²) in [4.78, 5) is 16.6. The molecule has 1 N–H and O–H groups in total. The van der Waals surface area contributed by atoms with E-state index >= 15 is 0 Å². The van der Waals surface area contributed by atoms with Gasteiger partial charge in [-0.15, -0.1) is 0 Å². The normalized spacial score (nSPS) is 10.9. The summed E-state index contributed by atoms with van der Waals surface area (Å²) in [5.41, 5.74) is 5.26. The molecule has 0 fully saturated rings. The van der Waals surface area contributed by atoms with Gasteiger partial charge in [-0.2, -0.15) is 5.10 Å². The lowest BCUT2D eigenvalue weighted by Crippen LogP contribution is -2.17. The van der Waals surface area contributed by atoms with Gasteiger partial charge in [0, 0.05) is 17.1 Å². The highest BCUT2D eigenvalue weighted by Gasteiger charge is 2.09. The summed E-state index contributed by atoms with van der Waals surface area (Å²) < 4.78 is 11.5. The zero-order valence-corrected chi connectivity index (χ0v) is 18.0. The van der Waals surface area contributed by atoms with Gasteiger partial charge in [-0.05, 0) is 48.0 Å².